The van der Waals surface area contributed by atoms with E-state index < -0.39 is 0 Å². The van der Waals surface area contributed by atoms with Crippen LogP contribution in [-0.2, 0) is 0 Å². The average molecular weight is 292 g/mol. The Morgan fingerprint density at radius 1 is 1.10 bits per heavy atom. The molecular formula is C14H18ClN5. The highest BCUT2D eigenvalue weighted by Crippen LogP contribution is 2.25. The first-order valence-corrected chi connectivity index (χ1v) is 6.76. The Morgan fingerprint density at radius 2 is 1.70 bits per heavy atom. The minimum absolute atomic E-state index is 0.216. The summed E-state index contributed by atoms with van der Waals surface area (Å²) in [5, 5.41) is 3.96. The maximum absolute atomic E-state index is 5.88. The Labute approximate surface area is 123 Å². The van der Waals surface area contributed by atoms with Crippen molar-refractivity contribution < 1.29 is 0 Å². The molecule has 6 heteroatoms. The number of hydrogen-bond acceptors (Lipinski definition) is 5. The largest absolute Gasteiger partial charge is 0.340 e. The molecule has 0 amide bonds. The molecule has 0 saturated carbocycles. The zero-order chi connectivity index (χ0) is 14.7. The van der Waals surface area contributed by atoms with Crippen molar-refractivity contribution in [3.05, 3.63) is 40.7 Å². The lowest BCUT2D eigenvalue weighted by Crippen LogP contribution is -2.14. The third-order valence-electron chi connectivity index (χ3n) is 2.92. The molecule has 0 fully saturated rings. The van der Waals surface area contributed by atoms with Gasteiger partial charge in [0.2, 0.25) is 0 Å². The van der Waals surface area contributed by atoms with Gasteiger partial charge in [0.05, 0.1) is 0 Å². The topological polar surface area (TPSA) is 75.9 Å². The van der Waals surface area contributed by atoms with E-state index in [-0.39, 0.29) is 5.92 Å². The smallest absolute Gasteiger partial charge is 0.148 e. The normalized spacial score (nSPS) is 10.7. The maximum atomic E-state index is 5.88. The number of aromatic nitrogens is 2. The lowest BCUT2D eigenvalue weighted by Gasteiger charge is -2.15. The fraction of sp³-hybridized carbons (Fsp3) is 0.286. The molecule has 4 N–H and O–H groups in total. The molecule has 0 aliphatic rings. The van der Waals surface area contributed by atoms with Crippen molar-refractivity contribution in [3.63, 3.8) is 0 Å². The van der Waals surface area contributed by atoms with Crippen molar-refractivity contribution in [1.29, 1.82) is 0 Å². The molecule has 0 radical (unpaired) electrons. The molecule has 2 aromatic rings. The summed E-state index contributed by atoms with van der Waals surface area (Å²) in [6.07, 6.45) is 0. The lowest BCUT2D eigenvalue weighted by atomic mass is 10.2. The van der Waals surface area contributed by atoms with E-state index >= 15 is 0 Å². The van der Waals surface area contributed by atoms with E-state index in [2.05, 4.69) is 20.7 Å². The second kappa shape index (κ2) is 6.07. The van der Waals surface area contributed by atoms with Crippen LogP contribution in [0.5, 0.6) is 0 Å². The van der Waals surface area contributed by atoms with E-state index in [1.807, 2.05) is 45.0 Å². The van der Waals surface area contributed by atoms with E-state index in [4.69, 9.17) is 17.4 Å². The van der Waals surface area contributed by atoms with Gasteiger partial charge in [-0.15, -0.1) is 0 Å². The van der Waals surface area contributed by atoms with E-state index in [1.54, 1.807) is 0 Å². The molecule has 0 saturated heterocycles. The van der Waals surface area contributed by atoms with Crippen LogP contribution < -0.4 is 16.6 Å². The first-order valence-electron chi connectivity index (χ1n) is 6.39. The van der Waals surface area contributed by atoms with E-state index in [9.17, 15) is 0 Å². The molecule has 0 aliphatic heterocycles. The highest BCUT2D eigenvalue weighted by Gasteiger charge is 2.12. The van der Waals surface area contributed by atoms with Gasteiger partial charge in [-0.3, -0.25) is 0 Å². The van der Waals surface area contributed by atoms with Crippen LogP contribution in [-0.4, -0.2) is 9.97 Å². The van der Waals surface area contributed by atoms with Crippen LogP contribution in [0.3, 0.4) is 0 Å². The number of nitrogen functional groups attached to an aromatic ring is 1. The van der Waals surface area contributed by atoms with Crippen LogP contribution in [0.4, 0.5) is 17.3 Å². The van der Waals surface area contributed by atoms with Gasteiger partial charge in [0.1, 0.15) is 17.5 Å². The molecule has 106 valence electrons. The molecule has 0 aliphatic carbocycles. The molecular weight excluding hydrogens is 274 g/mol. The third kappa shape index (κ3) is 3.18. The zero-order valence-electron chi connectivity index (χ0n) is 11.7. The van der Waals surface area contributed by atoms with E-state index in [0.29, 0.717) is 10.8 Å². The van der Waals surface area contributed by atoms with Gasteiger partial charge in [-0.1, -0.05) is 25.4 Å². The van der Waals surface area contributed by atoms with E-state index in [0.717, 1.165) is 22.9 Å². The number of benzene rings is 1. The van der Waals surface area contributed by atoms with Crippen LogP contribution in [0.25, 0.3) is 0 Å². The highest BCUT2D eigenvalue weighted by atomic mass is 35.5. The number of rotatable bonds is 4. The van der Waals surface area contributed by atoms with Crippen molar-refractivity contribution in [2.24, 2.45) is 5.84 Å². The molecule has 1 aromatic heterocycles. The number of hydrazine groups is 1. The van der Waals surface area contributed by atoms with Crippen LogP contribution in [0.2, 0.25) is 5.02 Å². The van der Waals surface area contributed by atoms with Crippen LogP contribution >= 0.6 is 11.6 Å². The molecule has 0 atom stereocenters. The molecule has 1 aromatic carbocycles. The number of hydrogen-bond donors (Lipinski definition) is 3. The van der Waals surface area contributed by atoms with Gasteiger partial charge in [-0.25, -0.2) is 15.8 Å². The molecule has 20 heavy (non-hydrogen) atoms. The SMILES string of the molecule is Cc1c(NN)nc(C(C)C)nc1Nc1ccc(Cl)cc1. The molecule has 1 heterocycles. The van der Waals surface area contributed by atoms with Gasteiger partial charge in [0, 0.05) is 22.2 Å². The number of anilines is 3. The number of nitrogens with two attached hydrogens (primary N) is 1. The second-order valence-corrected chi connectivity index (χ2v) is 5.27. The number of halogens is 1. The predicted octanol–water partition coefficient (Wildman–Crippen LogP) is 3.59. The van der Waals surface area contributed by atoms with Crippen LogP contribution in [0, 0.1) is 6.92 Å². The summed E-state index contributed by atoms with van der Waals surface area (Å²) < 4.78 is 0. The molecule has 0 spiro atoms. The molecule has 0 bridgehead atoms. The molecule has 2 rings (SSSR count). The minimum Gasteiger partial charge on any atom is -0.340 e. The van der Waals surface area contributed by atoms with Crippen molar-refractivity contribution in [3.8, 4) is 0 Å². The first-order chi connectivity index (χ1) is 9.51. The summed E-state index contributed by atoms with van der Waals surface area (Å²) in [7, 11) is 0. The van der Waals surface area contributed by atoms with Gasteiger partial charge in [0.25, 0.3) is 0 Å². The van der Waals surface area contributed by atoms with Gasteiger partial charge >= 0.3 is 0 Å². The Balaban J connectivity index is 2.39. The number of nitrogens with zero attached hydrogens (tertiary/aromatic N) is 2. The first kappa shape index (κ1) is 14.6. The third-order valence-corrected chi connectivity index (χ3v) is 3.18. The minimum atomic E-state index is 0.216. The van der Waals surface area contributed by atoms with Crippen LogP contribution in [0.15, 0.2) is 24.3 Å². The Bertz CT molecular complexity index is 595. The lowest BCUT2D eigenvalue weighted by molar-refractivity contribution is 0.774. The Kier molecular flexibility index (Phi) is 4.42. The van der Waals surface area contributed by atoms with Gasteiger partial charge in [-0.2, -0.15) is 0 Å². The summed E-state index contributed by atoms with van der Waals surface area (Å²) in [5.74, 6) is 7.83. The monoisotopic (exact) mass is 291 g/mol. The van der Waals surface area contributed by atoms with E-state index in [1.165, 1.54) is 0 Å². The average Bonchev–Trinajstić information content (AvgIpc) is 2.43. The Hall–Kier alpha value is -1.85. The van der Waals surface area contributed by atoms with Crippen molar-refractivity contribution in [2.75, 3.05) is 10.7 Å². The second-order valence-electron chi connectivity index (χ2n) is 4.83. The van der Waals surface area contributed by atoms with Gasteiger partial charge in [-0.05, 0) is 31.2 Å². The van der Waals surface area contributed by atoms with Gasteiger partial charge in [0.15, 0.2) is 0 Å². The van der Waals surface area contributed by atoms with Crippen LogP contribution in [0.1, 0.15) is 31.2 Å². The summed E-state index contributed by atoms with van der Waals surface area (Å²) in [5.41, 5.74) is 4.39. The predicted molar refractivity (Wildman–Crippen MR) is 83.4 cm³/mol. The van der Waals surface area contributed by atoms with Gasteiger partial charge < -0.3 is 10.7 Å². The fourth-order valence-corrected chi connectivity index (χ4v) is 1.85. The molecule has 0 unspecified atom stereocenters. The number of nitrogens with one attached hydrogen (secondary N) is 2. The quantitative estimate of drug-likeness (QED) is 0.593. The zero-order valence-corrected chi connectivity index (χ0v) is 12.5. The highest BCUT2D eigenvalue weighted by molar-refractivity contribution is 6.30. The van der Waals surface area contributed by atoms with Crippen molar-refractivity contribution >= 4 is 28.9 Å². The fourth-order valence-electron chi connectivity index (χ4n) is 1.72. The Morgan fingerprint density at radius 3 is 2.25 bits per heavy atom. The standard InChI is InChI=1S/C14H18ClN5/c1-8(2)12-18-13(9(3)14(19-12)20-16)17-11-6-4-10(15)5-7-11/h4-8H,16H2,1-3H3,(H2,17,18,19,20). The molecule has 5 nitrogen and oxygen atoms in total. The van der Waals surface area contributed by atoms with Crippen molar-refractivity contribution in [2.45, 2.75) is 26.7 Å². The summed E-state index contributed by atoms with van der Waals surface area (Å²) in [6, 6.07) is 7.45. The summed E-state index contributed by atoms with van der Waals surface area (Å²) >= 11 is 5.88. The summed E-state index contributed by atoms with van der Waals surface area (Å²) in [4.78, 5) is 8.95. The summed E-state index contributed by atoms with van der Waals surface area (Å²) in [6.45, 7) is 5.99. The maximum Gasteiger partial charge on any atom is 0.148 e. The van der Waals surface area contributed by atoms with Crippen molar-refractivity contribution in [1.82, 2.24) is 9.97 Å².